The third kappa shape index (κ3) is 3.17. The van der Waals surface area contributed by atoms with Crippen molar-refractivity contribution in [3.8, 4) is 0 Å². The maximum atomic E-state index is 14.4. The van der Waals surface area contributed by atoms with Crippen LogP contribution in [0.4, 0.5) is 10.1 Å². The van der Waals surface area contributed by atoms with Crippen LogP contribution in [0, 0.1) is 5.82 Å². The quantitative estimate of drug-likeness (QED) is 0.213. The van der Waals surface area contributed by atoms with Crippen LogP contribution in [0.15, 0.2) is 84.4 Å². The Morgan fingerprint density at radius 3 is 2.06 bits per heavy atom. The molecule has 0 atom stereocenters. The van der Waals surface area contributed by atoms with Gasteiger partial charge in [-0.1, -0.05) is 60.7 Å². The number of rotatable bonds is 2. The topological polar surface area (TPSA) is 49.4 Å². The molecule has 1 saturated heterocycles. The number of para-hydroxylation sites is 1. The number of halogens is 1. The minimum absolute atomic E-state index is 0.00817. The van der Waals surface area contributed by atoms with Crippen LogP contribution >= 0.6 is 12.2 Å². The van der Waals surface area contributed by atoms with Gasteiger partial charge in [-0.2, -0.15) is 0 Å². The highest BCUT2D eigenvalue weighted by Gasteiger charge is 2.35. The summed E-state index contributed by atoms with van der Waals surface area (Å²) in [5, 5.41) is 6.14. The fraction of sp³-hybridized carbons (Fsp3) is 0. The lowest BCUT2D eigenvalue weighted by atomic mass is 9.94. The van der Waals surface area contributed by atoms with Crippen LogP contribution in [-0.2, 0) is 9.59 Å². The number of carbonyl (C=O) groups excluding carboxylic acids is 2. The van der Waals surface area contributed by atoms with E-state index in [0.717, 1.165) is 32.0 Å². The molecule has 150 valence electrons. The Labute approximate surface area is 182 Å². The zero-order valence-corrected chi connectivity index (χ0v) is 16.9. The van der Waals surface area contributed by atoms with Gasteiger partial charge in [-0.25, -0.2) is 9.29 Å². The average Bonchev–Trinajstić information content (AvgIpc) is 2.77. The largest absolute Gasteiger partial charge is 0.298 e. The van der Waals surface area contributed by atoms with Crippen LogP contribution in [0.3, 0.4) is 0 Å². The summed E-state index contributed by atoms with van der Waals surface area (Å²) >= 11 is 5.17. The monoisotopic (exact) mass is 426 g/mol. The molecule has 0 spiro atoms. The molecule has 1 fully saturated rings. The molecule has 1 N–H and O–H groups in total. The maximum Gasteiger partial charge on any atom is 0.270 e. The minimum Gasteiger partial charge on any atom is -0.298 e. The van der Waals surface area contributed by atoms with Crippen molar-refractivity contribution in [1.29, 1.82) is 0 Å². The van der Waals surface area contributed by atoms with E-state index < -0.39 is 17.6 Å². The molecular weight excluding hydrogens is 411 g/mol. The molecule has 0 aromatic heterocycles. The lowest BCUT2D eigenvalue weighted by molar-refractivity contribution is -0.122. The van der Waals surface area contributed by atoms with Crippen LogP contribution in [-0.4, -0.2) is 16.9 Å². The number of fused-ring (bicyclic) bond motifs is 2. The first-order valence-corrected chi connectivity index (χ1v) is 10.0. The van der Waals surface area contributed by atoms with Crippen molar-refractivity contribution in [3.63, 3.8) is 0 Å². The second kappa shape index (κ2) is 7.41. The number of carbonyl (C=O) groups is 2. The molecule has 1 heterocycles. The third-order valence-corrected chi connectivity index (χ3v) is 5.58. The van der Waals surface area contributed by atoms with E-state index in [1.54, 1.807) is 12.1 Å². The summed E-state index contributed by atoms with van der Waals surface area (Å²) < 4.78 is 14.4. The van der Waals surface area contributed by atoms with Crippen molar-refractivity contribution >= 4 is 62.5 Å². The van der Waals surface area contributed by atoms with E-state index in [1.165, 1.54) is 18.2 Å². The zero-order valence-electron chi connectivity index (χ0n) is 16.1. The SMILES string of the molecule is O=C1NC(=S)N(c2ccccc2F)C(=O)C1=Cc1c2ccccc2cc2ccccc12. The van der Waals surface area contributed by atoms with Crippen molar-refractivity contribution in [3.05, 3.63) is 95.8 Å². The molecule has 5 rings (SSSR count). The highest BCUT2D eigenvalue weighted by atomic mass is 32.1. The van der Waals surface area contributed by atoms with E-state index in [2.05, 4.69) is 11.4 Å². The number of anilines is 1. The van der Waals surface area contributed by atoms with Crippen molar-refractivity contribution in [2.24, 2.45) is 0 Å². The Kier molecular flexibility index (Phi) is 4.56. The fourth-order valence-corrected chi connectivity index (χ4v) is 4.13. The maximum absolute atomic E-state index is 14.4. The first kappa shape index (κ1) is 19.1. The summed E-state index contributed by atoms with van der Waals surface area (Å²) in [6, 6.07) is 23.4. The van der Waals surface area contributed by atoms with Gasteiger partial charge in [0.25, 0.3) is 11.8 Å². The van der Waals surface area contributed by atoms with Gasteiger partial charge in [0, 0.05) is 0 Å². The molecule has 0 radical (unpaired) electrons. The van der Waals surface area contributed by atoms with Crippen LogP contribution in [0.2, 0.25) is 0 Å². The number of thiocarbonyl (C=S) groups is 1. The Hall–Kier alpha value is -3.90. The minimum atomic E-state index is -0.670. The standard InChI is InChI=1S/C25H15FN2O2S/c26-21-11-5-6-12-22(21)28-24(30)20(23(29)27-25(28)31)14-19-17-9-3-1-7-15(17)13-16-8-2-4-10-18(16)19/h1-14H,(H,27,29,31). The first-order valence-electron chi connectivity index (χ1n) is 9.61. The fourth-order valence-electron chi connectivity index (χ4n) is 3.86. The predicted molar refractivity (Wildman–Crippen MR) is 124 cm³/mol. The first-order chi connectivity index (χ1) is 15.0. The highest BCUT2D eigenvalue weighted by Crippen LogP contribution is 2.32. The molecule has 0 saturated carbocycles. The van der Waals surface area contributed by atoms with E-state index in [-0.39, 0.29) is 16.4 Å². The van der Waals surface area contributed by atoms with Crippen LogP contribution < -0.4 is 10.2 Å². The molecular formula is C25H15FN2O2S. The van der Waals surface area contributed by atoms with Crippen LogP contribution in [0.1, 0.15) is 5.56 Å². The van der Waals surface area contributed by atoms with Crippen molar-refractivity contribution < 1.29 is 14.0 Å². The second-order valence-electron chi connectivity index (χ2n) is 7.14. The summed E-state index contributed by atoms with van der Waals surface area (Å²) in [7, 11) is 0. The Morgan fingerprint density at radius 2 is 1.42 bits per heavy atom. The molecule has 4 nitrogen and oxygen atoms in total. The van der Waals surface area contributed by atoms with Crippen molar-refractivity contribution in [1.82, 2.24) is 5.32 Å². The molecule has 0 unspecified atom stereocenters. The van der Waals surface area contributed by atoms with Gasteiger partial charge in [0.05, 0.1) is 5.69 Å². The van der Waals surface area contributed by atoms with Gasteiger partial charge in [0.1, 0.15) is 11.4 Å². The van der Waals surface area contributed by atoms with Gasteiger partial charge < -0.3 is 0 Å². The number of hydrogen-bond acceptors (Lipinski definition) is 3. The highest BCUT2D eigenvalue weighted by molar-refractivity contribution is 7.80. The second-order valence-corrected chi connectivity index (χ2v) is 7.53. The van der Waals surface area contributed by atoms with Crippen LogP contribution in [0.5, 0.6) is 0 Å². The summed E-state index contributed by atoms with van der Waals surface area (Å²) in [5.41, 5.74) is 0.623. The van der Waals surface area contributed by atoms with Gasteiger partial charge in [-0.15, -0.1) is 0 Å². The van der Waals surface area contributed by atoms with E-state index in [1.807, 2.05) is 48.5 Å². The molecule has 0 bridgehead atoms. The predicted octanol–water partition coefficient (Wildman–Crippen LogP) is 4.96. The number of amides is 2. The number of nitrogens with zero attached hydrogens (tertiary/aromatic N) is 1. The molecule has 6 heteroatoms. The smallest absolute Gasteiger partial charge is 0.270 e. The molecule has 0 aliphatic carbocycles. The van der Waals surface area contributed by atoms with E-state index in [9.17, 15) is 14.0 Å². The van der Waals surface area contributed by atoms with Gasteiger partial charge in [-0.3, -0.25) is 14.9 Å². The van der Waals surface area contributed by atoms with Crippen molar-refractivity contribution in [2.75, 3.05) is 4.90 Å². The third-order valence-electron chi connectivity index (χ3n) is 5.30. The Morgan fingerprint density at radius 1 is 0.839 bits per heavy atom. The molecule has 1 aliphatic heterocycles. The number of hydrogen-bond donors (Lipinski definition) is 1. The zero-order chi connectivity index (χ0) is 21.5. The Balaban J connectivity index is 1.74. The summed E-state index contributed by atoms with van der Waals surface area (Å²) in [6.45, 7) is 0. The van der Waals surface area contributed by atoms with Crippen molar-refractivity contribution in [2.45, 2.75) is 0 Å². The Bertz CT molecular complexity index is 1390. The average molecular weight is 426 g/mol. The molecule has 4 aromatic rings. The van der Waals surface area contributed by atoms with Gasteiger partial charge in [-0.05, 0) is 63.6 Å². The van der Waals surface area contributed by atoms with E-state index >= 15 is 0 Å². The van der Waals surface area contributed by atoms with Crippen LogP contribution in [0.25, 0.3) is 27.6 Å². The van der Waals surface area contributed by atoms with Gasteiger partial charge in [0.15, 0.2) is 5.11 Å². The molecule has 31 heavy (non-hydrogen) atoms. The number of benzene rings is 4. The number of nitrogens with one attached hydrogen (secondary N) is 1. The summed E-state index contributed by atoms with van der Waals surface area (Å²) in [6.07, 6.45) is 1.57. The van der Waals surface area contributed by atoms with E-state index in [4.69, 9.17) is 12.2 Å². The van der Waals surface area contributed by atoms with Gasteiger partial charge in [0.2, 0.25) is 0 Å². The molecule has 1 aliphatic rings. The summed E-state index contributed by atoms with van der Waals surface area (Å²) in [4.78, 5) is 27.1. The van der Waals surface area contributed by atoms with E-state index in [0.29, 0.717) is 0 Å². The molecule has 2 amide bonds. The summed E-state index contributed by atoms with van der Waals surface area (Å²) in [5.74, 6) is -1.89. The lowest BCUT2D eigenvalue weighted by Crippen LogP contribution is -2.54. The van der Waals surface area contributed by atoms with Gasteiger partial charge >= 0.3 is 0 Å². The molecule has 4 aromatic carbocycles. The normalized spacial score (nSPS) is 15.7. The lowest BCUT2D eigenvalue weighted by Gasteiger charge is -2.29.